The molecule has 0 aromatic carbocycles. The molecule has 2 fully saturated rings. The maximum atomic E-state index is 12.0. The third kappa shape index (κ3) is 4.09. The summed E-state index contributed by atoms with van der Waals surface area (Å²) in [5.41, 5.74) is 0.829. The van der Waals surface area contributed by atoms with E-state index in [0.717, 1.165) is 25.0 Å². The van der Waals surface area contributed by atoms with Crippen LogP contribution >= 0.6 is 0 Å². The van der Waals surface area contributed by atoms with E-state index >= 15 is 0 Å². The van der Waals surface area contributed by atoms with Crippen LogP contribution in [0.1, 0.15) is 51.3 Å². The second-order valence-corrected chi connectivity index (χ2v) is 6.59. The van der Waals surface area contributed by atoms with E-state index in [1.165, 1.54) is 0 Å². The van der Waals surface area contributed by atoms with Gasteiger partial charge in [-0.15, -0.1) is 5.10 Å². The van der Waals surface area contributed by atoms with E-state index in [2.05, 4.69) is 24.2 Å². The average molecular weight is 322 g/mol. The van der Waals surface area contributed by atoms with Crippen molar-refractivity contribution in [2.75, 3.05) is 19.8 Å². The molecule has 0 unspecified atom stereocenters. The van der Waals surface area contributed by atoms with Crippen molar-refractivity contribution in [1.29, 1.82) is 0 Å². The third-order valence-corrected chi connectivity index (χ3v) is 4.43. The molecule has 0 spiro atoms. The maximum absolute atomic E-state index is 12.0. The number of aromatic nitrogens is 3. The zero-order valence-corrected chi connectivity index (χ0v) is 14.0. The Labute approximate surface area is 136 Å². The third-order valence-electron chi connectivity index (χ3n) is 4.43. The van der Waals surface area contributed by atoms with Gasteiger partial charge >= 0.3 is 0 Å². The molecule has 1 amide bonds. The number of hydrogen-bond acceptors (Lipinski definition) is 5. The van der Waals surface area contributed by atoms with E-state index in [1.807, 2.05) is 10.9 Å². The lowest BCUT2D eigenvalue weighted by atomic mass is 10.2. The molecular weight excluding hydrogens is 296 g/mol. The van der Waals surface area contributed by atoms with Gasteiger partial charge in [-0.05, 0) is 33.1 Å². The van der Waals surface area contributed by atoms with Gasteiger partial charge in [0.05, 0.1) is 50.6 Å². The Balaban J connectivity index is 1.64. The highest BCUT2D eigenvalue weighted by Crippen LogP contribution is 2.32. The van der Waals surface area contributed by atoms with Crippen LogP contribution in [-0.4, -0.2) is 57.8 Å². The molecule has 0 N–H and O–H groups in total. The van der Waals surface area contributed by atoms with Crippen LogP contribution < -0.4 is 0 Å². The van der Waals surface area contributed by atoms with Gasteiger partial charge in [-0.1, -0.05) is 5.21 Å². The van der Waals surface area contributed by atoms with Gasteiger partial charge in [0.1, 0.15) is 5.69 Å². The van der Waals surface area contributed by atoms with Crippen molar-refractivity contribution in [3.63, 3.8) is 0 Å². The molecule has 2 atom stereocenters. The first-order chi connectivity index (χ1) is 11.1. The number of amides is 1. The van der Waals surface area contributed by atoms with E-state index < -0.39 is 0 Å². The Morgan fingerprint density at radius 3 is 3.09 bits per heavy atom. The molecule has 7 heteroatoms. The van der Waals surface area contributed by atoms with Crippen LogP contribution in [0.2, 0.25) is 0 Å². The van der Waals surface area contributed by atoms with Crippen molar-refractivity contribution in [2.24, 2.45) is 0 Å². The van der Waals surface area contributed by atoms with Gasteiger partial charge in [-0.25, -0.2) is 4.68 Å². The molecule has 0 radical (unpaired) electrons. The largest absolute Gasteiger partial charge is 0.379 e. The number of hydrogen-bond donors (Lipinski definition) is 0. The van der Waals surface area contributed by atoms with Gasteiger partial charge < -0.3 is 14.4 Å². The summed E-state index contributed by atoms with van der Waals surface area (Å²) in [4.78, 5) is 13.8. The average Bonchev–Trinajstić information content (AvgIpc) is 3.09. The van der Waals surface area contributed by atoms with Crippen LogP contribution in [0.4, 0.5) is 0 Å². The summed E-state index contributed by atoms with van der Waals surface area (Å²) in [5.74, 6) is 0.124. The molecule has 0 bridgehead atoms. The van der Waals surface area contributed by atoms with Crippen LogP contribution in [0, 0.1) is 0 Å². The van der Waals surface area contributed by atoms with Crippen molar-refractivity contribution in [3.05, 3.63) is 11.9 Å². The predicted octanol–water partition coefficient (Wildman–Crippen LogP) is 1.55. The predicted molar refractivity (Wildman–Crippen MR) is 83.8 cm³/mol. The molecule has 3 rings (SSSR count). The van der Waals surface area contributed by atoms with Crippen molar-refractivity contribution in [1.82, 2.24) is 19.9 Å². The van der Waals surface area contributed by atoms with Crippen molar-refractivity contribution < 1.29 is 14.3 Å². The zero-order valence-electron chi connectivity index (χ0n) is 14.0. The van der Waals surface area contributed by atoms with E-state index in [-0.39, 0.29) is 24.2 Å². The van der Waals surface area contributed by atoms with E-state index in [0.29, 0.717) is 32.7 Å². The Morgan fingerprint density at radius 1 is 1.39 bits per heavy atom. The lowest BCUT2D eigenvalue weighted by molar-refractivity contribution is -0.131. The van der Waals surface area contributed by atoms with Crippen molar-refractivity contribution in [3.8, 4) is 0 Å². The summed E-state index contributed by atoms with van der Waals surface area (Å²) < 4.78 is 13.3. The second-order valence-electron chi connectivity index (χ2n) is 6.59. The van der Waals surface area contributed by atoms with Crippen LogP contribution in [0.3, 0.4) is 0 Å². The summed E-state index contributed by atoms with van der Waals surface area (Å²) in [5, 5.41) is 8.54. The van der Waals surface area contributed by atoms with Gasteiger partial charge in [0.2, 0.25) is 5.91 Å². The summed E-state index contributed by atoms with van der Waals surface area (Å²) in [6, 6.07) is 0.252. The first-order valence-corrected chi connectivity index (χ1v) is 8.55. The number of nitrogens with zero attached hydrogens (tertiary/aromatic N) is 4. The van der Waals surface area contributed by atoms with E-state index in [9.17, 15) is 4.79 Å². The van der Waals surface area contributed by atoms with E-state index in [1.54, 1.807) is 4.90 Å². The molecule has 1 aliphatic heterocycles. The second kappa shape index (κ2) is 7.40. The minimum absolute atomic E-state index is 0.124. The first-order valence-electron chi connectivity index (χ1n) is 8.55. The van der Waals surface area contributed by atoms with Crippen molar-refractivity contribution in [2.45, 2.75) is 64.3 Å². The maximum Gasteiger partial charge on any atom is 0.225 e. The molecule has 2 aliphatic rings. The minimum Gasteiger partial charge on any atom is -0.379 e. The molecule has 1 aromatic heterocycles. The summed E-state index contributed by atoms with van der Waals surface area (Å²) >= 11 is 0. The molecular formula is C16H26N4O3. The minimum atomic E-state index is 0.124. The molecule has 1 aromatic rings. The van der Waals surface area contributed by atoms with Crippen LogP contribution in [0.15, 0.2) is 6.20 Å². The highest BCUT2D eigenvalue weighted by atomic mass is 16.5. The smallest absolute Gasteiger partial charge is 0.225 e. The molecule has 128 valence electrons. The fraction of sp³-hybridized carbons (Fsp3) is 0.812. The highest BCUT2D eigenvalue weighted by molar-refractivity contribution is 5.76. The lowest BCUT2D eigenvalue weighted by Crippen LogP contribution is -2.31. The van der Waals surface area contributed by atoms with Crippen LogP contribution in [-0.2, 0) is 20.8 Å². The molecule has 7 nitrogen and oxygen atoms in total. The normalized spacial score (nSPS) is 26.0. The summed E-state index contributed by atoms with van der Waals surface area (Å²) in [6.07, 6.45) is 6.12. The summed E-state index contributed by atoms with van der Waals surface area (Å²) in [6.45, 7) is 6.36. The van der Waals surface area contributed by atoms with Gasteiger partial charge in [-0.3, -0.25) is 4.79 Å². The van der Waals surface area contributed by atoms with Crippen LogP contribution in [0.5, 0.6) is 0 Å². The molecule has 1 saturated carbocycles. The SMILES string of the molecule is CC(C)O[C@@H]1CCC[C@H]1n1cc(CN2CCOCCC2=O)nn1. The molecule has 2 heterocycles. The van der Waals surface area contributed by atoms with Crippen molar-refractivity contribution >= 4 is 5.91 Å². The van der Waals surface area contributed by atoms with Gasteiger partial charge in [0.25, 0.3) is 0 Å². The lowest BCUT2D eigenvalue weighted by Gasteiger charge is -2.22. The Bertz CT molecular complexity index is 531. The topological polar surface area (TPSA) is 69.5 Å². The fourth-order valence-corrected chi connectivity index (χ4v) is 3.35. The monoisotopic (exact) mass is 322 g/mol. The van der Waals surface area contributed by atoms with E-state index in [4.69, 9.17) is 9.47 Å². The van der Waals surface area contributed by atoms with Gasteiger partial charge in [-0.2, -0.15) is 0 Å². The number of carbonyl (C=O) groups excluding carboxylic acids is 1. The number of ether oxygens (including phenoxy) is 2. The standard InChI is InChI=1S/C16H26N4O3/c1-12(2)23-15-5-3-4-14(15)20-11-13(17-18-20)10-19-7-9-22-8-6-16(19)21/h11-12,14-15H,3-10H2,1-2H3/t14-,15-/m1/s1. The number of carbonyl (C=O) groups is 1. The Hall–Kier alpha value is -1.47. The molecule has 23 heavy (non-hydrogen) atoms. The van der Waals surface area contributed by atoms with Gasteiger partial charge in [0.15, 0.2) is 0 Å². The zero-order chi connectivity index (χ0) is 16.2. The highest BCUT2D eigenvalue weighted by Gasteiger charge is 2.31. The first kappa shape index (κ1) is 16.4. The Kier molecular flexibility index (Phi) is 5.27. The number of rotatable bonds is 5. The van der Waals surface area contributed by atoms with Gasteiger partial charge in [0, 0.05) is 6.54 Å². The van der Waals surface area contributed by atoms with Crippen LogP contribution in [0.25, 0.3) is 0 Å². The quantitative estimate of drug-likeness (QED) is 0.822. The fourth-order valence-electron chi connectivity index (χ4n) is 3.35. The molecule has 1 aliphatic carbocycles. The summed E-state index contributed by atoms with van der Waals surface area (Å²) in [7, 11) is 0. The Morgan fingerprint density at radius 2 is 2.26 bits per heavy atom. The molecule has 1 saturated heterocycles.